The van der Waals surface area contributed by atoms with Gasteiger partial charge in [0.1, 0.15) is 11.9 Å². The van der Waals surface area contributed by atoms with Gasteiger partial charge in [-0.15, -0.1) is 0 Å². The molecule has 2 N–H and O–H groups in total. The van der Waals surface area contributed by atoms with Gasteiger partial charge in [-0.1, -0.05) is 0 Å². The molecule has 0 aliphatic carbocycles. The summed E-state index contributed by atoms with van der Waals surface area (Å²) in [6.07, 6.45) is 0. The fourth-order valence-electron chi connectivity index (χ4n) is 2.63. The quantitative estimate of drug-likeness (QED) is 0.898. The highest BCUT2D eigenvalue weighted by Gasteiger charge is 2.34. The Morgan fingerprint density at radius 3 is 2.38 bits per heavy atom. The van der Waals surface area contributed by atoms with Gasteiger partial charge in [0, 0.05) is 31.2 Å². The maximum Gasteiger partial charge on any atom is 0.253 e. The number of piperazine rings is 1. The van der Waals surface area contributed by atoms with Crippen LogP contribution in [-0.4, -0.2) is 53.3 Å². The van der Waals surface area contributed by atoms with Crippen molar-refractivity contribution in [3.63, 3.8) is 0 Å². The molecule has 1 atom stereocenters. The first-order chi connectivity index (χ1) is 9.90. The third-order valence-corrected chi connectivity index (χ3v) is 3.79. The van der Waals surface area contributed by atoms with Crippen LogP contribution in [0.5, 0.6) is 0 Å². The molecule has 2 amide bonds. The lowest BCUT2D eigenvalue weighted by Crippen LogP contribution is -2.61. The summed E-state index contributed by atoms with van der Waals surface area (Å²) in [7, 11) is 0. The van der Waals surface area contributed by atoms with Crippen LogP contribution in [0.3, 0.4) is 0 Å². The molecular weight excluding hydrogens is 273 g/mol. The second-order valence-electron chi connectivity index (χ2n) is 5.51. The number of amides is 2. The minimum absolute atomic E-state index is 0.186. The number of hydrogen-bond acceptors (Lipinski definition) is 3. The number of rotatable bonds is 3. The van der Waals surface area contributed by atoms with Crippen LogP contribution in [0.1, 0.15) is 24.2 Å². The lowest BCUT2D eigenvalue weighted by atomic mass is 10.1. The SMILES string of the molecule is CC(C)N1CCN(C(=O)c2ccc(F)cc2)C[C@@H]1C(N)=O. The van der Waals surface area contributed by atoms with Crippen LogP contribution >= 0.6 is 0 Å². The molecule has 21 heavy (non-hydrogen) atoms. The minimum Gasteiger partial charge on any atom is -0.368 e. The Morgan fingerprint density at radius 2 is 1.86 bits per heavy atom. The molecule has 1 fully saturated rings. The minimum atomic E-state index is -0.483. The molecule has 1 aliphatic heterocycles. The van der Waals surface area contributed by atoms with E-state index in [9.17, 15) is 14.0 Å². The Labute approximate surface area is 123 Å². The second kappa shape index (κ2) is 6.22. The van der Waals surface area contributed by atoms with Crippen LogP contribution < -0.4 is 5.73 Å². The lowest BCUT2D eigenvalue weighted by Gasteiger charge is -2.42. The Bertz CT molecular complexity index is 530. The van der Waals surface area contributed by atoms with E-state index in [1.165, 1.54) is 24.3 Å². The molecule has 1 saturated heterocycles. The summed E-state index contributed by atoms with van der Waals surface area (Å²) in [5, 5.41) is 0. The topological polar surface area (TPSA) is 66.6 Å². The average molecular weight is 293 g/mol. The number of nitrogens with two attached hydrogens (primary N) is 1. The van der Waals surface area contributed by atoms with E-state index in [1.807, 2.05) is 18.7 Å². The summed E-state index contributed by atoms with van der Waals surface area (Å²) in [4.78, 5) is 27.6. The zero-order valence-electron chi connectivity index (χ0n) is 12.3. The number of carbonyl (C=O) groups is 2. The van der Waals surface area contributed by atoms with Crippen LogP contribution in [0, 0.1) is 5.82 Å². The average Bonchev–Trinajstić information content (AvgIpc) is 2.46. The zero-order valence-corrected chi connectivity index (χ0v) is 12.3. The Morgan fingerprint density at radius 1 is 1.24 bits per heavy atom. The molecule has 0 saturated carbocycles. The predicted molar refractivity (Wildman–Crippen MR) is 77.1 cm³/mol. The Kier molecular flexibility index (Phi) is 4.57. The molecule has 1 heterocycles. The largest absolute Gasteiger partial charge is 0.368 e. The first-order valence-corrected chi connectivity index (χ1v) is 7.00. The van der Waals surface area contributed by atoms with E-state index in [2.05, 4.69) is 0 Å². The van der Waals surface area contributed by atoms with Gasteiger partial charge in [0.05, 0.1) is 0 Å². The number of primary amides is 1. The Hall–Kier alpha value is -1.95. The Balaban J connectivity index is 2.13. The van der Waals surface area contributed by atoms with Crippen molar-refractivity contribution in [2.45, 2.75) is 25.9 Å². The molecule has 114 valence electrons. The van der Waals surface area contributed by atoms with Crippen molar-refractivity contribution in [1.82, 2.24) is 9.80 Å². The van der Waals surface area contributed by atoms with Gasteiger partial charge in [-0.05, 0) is 38.1 Å². The van der Waals surface area contributed by atoms with E-state index in [0.29, 0.717) is 18.7 Å². The highest BCUT2D eigenvalue weighted by molar-refractivity contribution is 5.94. The molecular formula is C15H20FN3O2. The number of halogens is 1. The van der Waals surface area contributed by atoms with Crippen LogP contribution in [0.25, 0.3) is 0 Å². The fourth-order valence-corrected chi connectivity index (χ4v) is 2.63. The number of nitrogens with zero attached hydrogens (tertiary/aromatic N) is 2. The van der Waals surface area contributed by atoms with E-state index in [0.717, 1.165) is 0 Å². The van der Waals surface area contributed by atoms with Crippen molar-refractivity contribution in [1.29, 1.82) is 0 Å². The summed E-state index contributed by atoms with van der Waals surface area (Å²) >= 11 is 0. The van der Waals surface area contributed by atoms with Crippen LogP contribution in [0.2, 0.25) is 0 Å². The standard InChI is InChI=1S/C15H20FN3O2/c1-10(2)19-8-7-18(9-13(19)14(17)20)15(21)11-3-5-12(16)6-4-11/h3-6,10,13H,7-9H2,1-2H3,(H2,17,20)/t13-/m1/s1. The zero-order chi connectivity index (χ0) is 15.6. The van der Waals surface area contributed by atoms with Crippen molar-refractivity contribution >= 4 is 11.8 Å². The molecule has 0 spiro atoms. The van der Waals surface area contributed by atoms with Crippen LogP contribution in [0.4, 0.5) is 4.39 Å². The van der Waals surface area contributed by atoms with E-state index in [4.69, 9.17) is 5.73 Å². The van der Waals surface area contributed by atoms with E-state index in [-0.39, 0.29) is 24.3 Å². The number of carbonyl (C=O) groups excluding carboxylic acids is 2. The van der Waals surface area contributed by atoms with Gasteiger partial charge in [-0.2, -0.15) is 0 Å². The van der Waals surface area contributed by atoms with Crippen molar-refractivity contribution in [3.8, 4) is 0 Å². The summed E-state index contributed by atoms with van der Waals surface area (Å²) in [5.74, 6) is -1.02. The van der Waals surface area contributed by atoms with Crippen molar-refractivity contribution in [3.05, 3.63) is 35.6 Å². The fraction of sp³-hybridized carbons (Fsp3) is 0.467. The van der Waals surface area contributed by atoms with E-state index >= 15 is 0 Å². The highest BCUT2D eigenvalue weighted by atomic mass is 19.1. The molecule has 0 radical (unpaired) electrons. The van der Waals surface area contributed by atoms with Gasteiger partial charge in [0.25, 0.3) is 5.91 Å². The molecule has 1 aromatic carbocycles. The second-order valence-corrected chi connectivity index (χ2v) is 5.51. The van der Waals surface area contributed by atoms with Crippen molar-refractivity contribution < 1.29 is 14.0 Å². The van der Waals surface area contributed by atoms with Crippen LogP contribution in [-0.2, 0) is 4.79 Å². The molecule has 1 aliphatic rings. The predicted octanol–water partition coefficient (Wildman–Crippen LogP) is 0.846. The normalized spacial score (nSPS) is 19.8. The molecule has 1 aromatic rings. The summed E-state index contributed by atoms with van der Waals surface area (Å²) < 4.78 is 12.9. The van der Waals surface area contributed by atoms with Gasteiger partial charge in [-0.3, -0.25) is 14.5 Å². The smallest absolute Gasteiger partial charge is 0.253 e. The van der Waals surface area contributed by atoms with Gasteiger partial charge in [0.15, 0.2) is 0 Å². The third-order valence-electron chi connectivity index (χ3n) is 3.79. The van der Waals surface area contributed by atoms with Crippen molar-refractivity contribution in [2.24, 2.45) is 5.73 Å². The molecule has 2 rings (SSSR count). The first-order valence-electron chi connectivity index (χ1n) is 7.00. The summed E-state index contributed by atoms with van der Waals surface area (Å²) in [5.41, 5.74) is 5.86. The van der Waals surface area contributed by atoms with E-state index < -0.39 is 11.9 Å². The highest BCUT2D eigenvalue weighted by Crippen LogP contribution is 2.16. The maximum absolute atomic E-state index is 12.9. The van der Waals surface area contributed by atoms with Gasteiger partial charge in [-0.25, -0.2) is 4.39 Å². The first kappa shape index (κ1) is 15.4. The lowest BCUT2D eigenvalue weighted by molar-refractivity contribution is -0.126. The monoisotopic (exact) mass is 293 g/mol. The van der Waals surface area contributed by atoms with Crippen molar-refractivity contribution in [2.75, 3.05) is 19.6 Å². The molecule has 0 unspecified atom stereocenters. The molecule has 6 heteroatoms. The van der Waals surface area contributed by atoms with Crippen LogP contribution in [0.15, 0.2) is 24.3 Å². The van der Waals surface area contributed by atoms with Gasteiger partial charge < -0.3 is 10.6 Å². The van der Waals surface area contributed by atoms with E-state index in [1.54, 1.807) is 4.90 Å². The summed E-state index contributed by atoms with van der Waals surface area (Å²) in [6, 6.07) is 5.11. The molecule has 0 bridgehead atoms. The molecule has 5 nitrogen and oxygen atoms in total. The maximum atomic E-state index is 12.9. The van der Waals surface area contributed by atoms with Gasteiger partial charge in [0.2, 0.25) is 5.91 Å². The third kappa shape index (κ3) is 3.39. The van der Waals surface area contributed by atoms with Gasteiger partial charge >= 0.3 is 0 Å². The summed E-state index contributed by atoms with van der Waals surface area (Å²) in [6.45, 7) is 5.38. The number of benzene rings is 1. The molecule has 0 aromatic heterocycles. The number of hydrogen-bond donors (Lipinski definition) is 1.